The van der Waals surface area contributed by atoms with Gasteiger partial charge in [0.25, 0.3) is 11.8 Å². The Balaban J connectivity index is 1.59. The van der Waals surface area contributed by atoms with Gasteiger partial charge in [-0.15, -0.1) is 0 Å². The smallest absolute Gasteiger partial charge is 0.274 e. The lowest BCUT2D eigenvalue weighted by Gasteiger charge is -2.08. The second kappa shape index (κ2) is 9.59. The van der Waals surface area contributed by atoms with Gasteiger partial charge >= 0.3 is 0 Å². The van der Waals surface area contributed by atoms with Crippen LogP contribution in [0.25, 0.3) is 0 Å². The zero-order valence-corrected chi connectivity index (χ0v) is 16.1. The number of halogens is 1. The molecule has 0 aliphatic carbocycles. The Morgan fingerprint density at radius 3 is 2.28 bits per heavy atom. The van der Waals surface area contributed by atoms with E-state index in [1.165, 1.54) is 17.7 Å². The third-order valence-corrected chi connectivity index (χ3v) is 4.47. The number of amides is 2. The summed E-state index contributed by atoms with van der Waals surface area (Å²) in [4.78, 5) is 28.9. The number of hydrogen-bond donors (Lipinski definition) is 2. The van der Waals surface area contributed by atoms with Crippen molar-refractivity contribution in [1.29, 1.82) is 0 Å². The summed E-state index contributed by atoms with van der Waals surface area (Å²) in [5, 5.41) is 5.48. The van der Waals surface area contributed by atoms with E-state index in [0.29, 0.717) is 17.7 Å². The van der Waals surface area contributed by atoms with Gasteiger partial charge in [0.2, 0.25) is 0 Å². The molecule has 1 aromatic heterocycles. The highest BCUT2D eigenvalue weighted by atomic mass is 19.1. The van der Waals surface area contributed by atoms with E-state index in [9.17, 15) is 14.0 Å². The highest BCUT2D eigenvalue weighted by molar-refractivity contribution is 6.03. The number of benzene rings is 2. The second-order valence-electron chi connectivity index (χ2n) is 6.51. The Hall–Kier alpha value is -3.54. The molecule has 0 radical (unpaired) electrons. The molecule has 0 atom stereocenters. The van der Waals surface area contributed by atoms with Gasteiger partial charge in [-0.25, -0.2) is 9.37 Å². The molecule has 0 spiro atoms. The van der Waals surface area contributed by atoms with Gasteiger partial charge in [-0.3, -0.25) is 9.59 Å². The second-order valence-corrected chi connectivity index (χ2v) is 6.51. The van der Waals surface area contributed by atoms with E-state index < -0.39 is 11.8 Å². The molecule has 0 aliphatic rings. The minimum absolute atomic E-state index is 0.132. The minimum Gasteiger partial charge on any atom is -0.350 e. The Morgan fingerprint density at radius 2 is 1.59 bits per heavy atom. The molecule has 0 bridgehead atoms. The quantitative estimate of drug-likeness (QED) is 0.639. The van der Waals surface area contributed by atoms with Crippen molar-refractivity contribution >= 4 is 17.5 Å². The van der Waals surface area contributed by atoms with Gasteiger partial charge in [-0.05, 0) is 54.3 Å². The van der Waals surface area contributed by atoms with Crippen molar-refractivity contribution in [2.75, 3.05) is 11.9 Å². The van der Waals surface area contributed by atoms with Crippen LogP contribution >= 0.6 is 0 Å². The Morgan fingerprint density at radius 1 is 0.897 bits per heavy atom. The topological polar surface area (TPSA) is 71.1 Å². The largest absolute Gasteiger partial charge is 0.350 e. The van der Waals surface area contributed by atoms with E-state index in [4.69, 9.17) is 0 Å². The van der Waals surface area contributed by atoms with Crippen molar-refractivity contribution in [2.24, 2.45) is 0 Å². The average molecular weight is 391 g/mol. The van der Waals surface area contributed by atoms with Crippen LogP contribution in [0.15, 0.2) is 66.7 Å². The van der Waals surface area contributed by atoms with Crippen LogP contribution < -0.4 is 10.6 Å². The first-order valence-electron chi connectivity index (χ1n) is 9.45. The van der Waals surface area contributed by atoms with E-state index in [1.807, 2.05) is 24.3 Å². The van der Waals surface area contributed by atoms with Gasteiger partial charge in [0.1, 0.15) is 17.2 Å². The Kier molecular flexibility index (Phi) is 6.68. The number of aryl methyl sites for hydroxylation is 1. The number of nitrogens with one attached hydrogen (secondary N) is 2. The van der Waals surface area contributed by atoms with Crippen molar-refractivity contribution in [3.63, 3.8) is 0 Å². The molecule has 1 heterocycles. The highest BCUT2D eigenvalue weighted by Crippen LogP contribution is 2.12. The maximum Gasteiger partial charge on any atom is 0.274 e. The molecule has 6 heteroatoms. The first-order valence-corrected chi connectivity index (χ1v) is 9.45. The molecule has 3 aromatic rings. The summed E-state index contributed by atoms with van der Waals surface area (Å²) in [7, 11) is 0. The van der Waals surface area contributed by atoms with Gasteiger partial charge in [0, 0.05) is 12.2 Å². The summed E-state index contributed by atoms with van der Waals surface area (Å²) < 4.78 is 13.6. The van der Waals surface area contributed by atoms with Crippen molar-refractivity contribution < 1.29 is 14.0 Å². The van der Waals surface area contributed by atoms with Crippen LogP contribution in [-0.4, -0.2) is 23.3 Å². The van der Waals surface area contributed by atoms with Crippen LogP contribution in [0, 0.1) is 5.82 Å². The molecule has 3 rings (SSSR count). The maximum absolute atomic E-state index is 13.6. The number of anilines is 1. The summed E-state index contributed by atoms with van der Waals surface area (Å²) in [5.41, 5.74) is 2.64. The summed E-state index contributed by atoms with van der Waals surface area (Å²) in [5.74, 6) is -1.11. The molecule has 2 aromatic carbocycles. The van der Waals surface area contributed by atoms with Crippen LogP contribution in [0.1, 0.15) is 39.0 Å². The number of carbonyl (C=O) groups is 2. The van der Waals surface area contributed by atoms with Crippen LogP contribution in [-0.2, 0) is 12.8 Å². The molecule has 0 aliphatic heterocycles. The summed E-state index contributed by atoms with van der Waals surface area (Å²) >= 11 is 0. The SMILES string of the molecule is CCc1ccc(NC(=O)c2cccc(C(=O)NCCc3ccccc3F)n2)cc1. The lowest BCUT2D eigenvalue weighted by atomic mass is 10.1. The third-order valence-electron chi connectivity index (χ3n) is 4.47. The van der Waals surface area contributed by atoms with Crippen LogP contribution in [0.3, 0.4) is 0 Å². The number of hydrogen-bond acceptors (Lipinski definition) is 3. The van der Waals surface area contributed by atoms with E-state index in [1.54, 1.807) is 30.3 Å². The number of carbonyl (C=O) groups excluding carboxylic acids is 2. The van der Waals surface area contributed by atoms with Crippen LogP contribution in [0.5, 0.6) is 0 Å². The van der Waals surface area contributed by atoms with Gasteiger partial charge in [-0.1, -0.05) is 43.3 Å². The molecular weight excluding hydrogens is 369 g/mol. The molecule has 2 N–H and O–H groups in total. The molecule has 5 nitrogen and oxygen atoms in total. The zero-order valence-electron chi connectivity index (χ0n) is 16.1. The molecule has 2 amide bonds. The van der Waals surface area contributed by atoms with Gasteiger partial charge in [0.15, 0.2) is 0 Å². The van der Waals surface area contributed by atoms with Crippen molar-refractivity contribution in [3.05, 3.63) is 95.1 Å². The van der Waals surface area contributed by atoms with Gasteiger partial charge < -0.3 is 10.6 Å². The van der Waals surface area contributed by atoms with Crippen LogP contribution in [0.2, 0.25) is 0 Å². The standard InChI is InChI=1S/C23H22FN3O2/c1-2-16-10-12-18(13-11-16)26-23(29)21-9-5-8-20(27-21)22(28)25-15-14-17-6-3-4-7-19(17)24/h3-13H,2,14-15H2,1H3,(H,25,28)(H,26,29). The molecule has 148 valence electrons. The molecule has 0 saturated carbocycles. The van der Waals surface area contributed by atoms with E-state index in [2.05, 4.69) is 22.5 Å². The molecule has 0 saturated heterocycles. The number of rotatable bonds is 7. The van der Waals surface area contributed by atoms with Gasteiger partial charge in [-0.2, -0.15) is 0 Å². The molecule has 0 unspecified atom stereocenters. The third kappa shape index (κ3) is 5.48. The van der Waals surface area contributed by atoms with E-state index >= 15 is 0 Å². The fourth-order valence-electron chi connectivity index (χ4n) is 2.81. The Labute approximate surface area is 169 Å². The first kappa shape index (κ1) is 20.2. The van der Waals surface area contributed by atoms with Gasteiger partial charge in [0.05, 0.1) is 0 Å². The van der Waals surface area contributed by atoms with E-state index in [-0.39, 0.29) is 23.7 Å². The molecule has 0 fully saturated rings. The summed E-state index contributed by atoms with van der Waals surface area (Å²) in [6.45, 7) is 2.33. The molecule has 29 heavy (non-hydrogen) atoms. The number of nitrogens with zero attached hydrogens (tertiary/aromatic N) is 1. The predicted octanol–water partition coefficient (Wildman–Crippen LogP) is 4.01. The fourth-order valence-corrected chi connectivity index (χ4v) is 2.81. The lowest BCUT2D eigenvalue weighted by Crippen LogP contribution is -2.27. The summed E-state index contributed by atoms with van der Waals surface area (Å²) in [6, 6.07) is 18.7. The number of pyridine rings is 1. The van der Waals surface area contributed by atoms with Crippen molar-refractivity contribution in [3.8, 4) is 0 Å². The normalized spacial score (nSPS) is 10.4. The average Bonchev–Trinajstić information content (AvgIpc) is 2.75. The monoisotopic (exact) mass is 391 g/mol. The Bertz CT molecular complexity index is 1000. The predicted molar refractivity (Wildman–Crippen MR) is 110 cm³/mol. The zero-order chi connectivity index (χ0) is 20.6. The van der Waals surface area contributed by atoms with Crippen LogP contribution in [0.4, 0.5) is 10.1 Å². The highest BCUT2D eigenvalue weighted by Gasteiger charge is 2.13. The lowest BCUT2D eigenvalue weighted by molar-refractivity contribution is 0.0949. The first-order chi connectivity index (χ1) is 14.1. The van der Waals surface area contributed by atoms with Crippen molar-refractivity contribution in [1.82, 2.24) is 10.3 Å². The fraction of sp³-hybridized carbons (Fsp3) is 0.174. The minimum atomic E-state index is -0.414. The molecular formula is C23H22FN3O2. The number of aromatic nitrogens is 1. The summed E-state index contributed by atoms with van der Waals surface area (Å²) in [6.07, 6.45) is 1.29. The maximum atomic E-state index is 13.6. The van der Waals surface area contributed by atoms with Crippen molar-refractivity contribution in [2.45, 2.75) is 19.8 Å². The van der Waals surface area contributed by atoms with E-state index in [0.717, 1.165) is 6.42 Å².